The van der Waals surface area contributed by atoms with E-state index in [2.05, 4.69) is 4.74 Å². The van der Waals surface area contributed by atoms with Crippen molar-refractivity contribution < 1.29 is 42.8 Å². The summed E-state index contributed by atoms with van der Waals surface area (Å²) in [6, 6.07) is 4.77. The van der Waals surface area contributed by atoms with E-state index in [0.717, 1.165) is 12.1 Å². The summed E-state index contributed by atoms with van der Waals surface area (Å²) in [5.74, 6) is -5.06. The van der Waals surface area contributed by atoms with Crippen LogP contribution in [0.1, 0.15) is 12.0 Å². The fourth-order valence-corrected chi connectivity index (χ4v) is 1.67. The second kappa shape index (κ2) is 7.63. The first-order chi connectivity index (χ1) is 10.6. The van der Waals surface area contributed by atoms with E-state index >= 15 is 0 Å². The Morgan fingerprint density at radius 1 is 1.13 bits per heavy atom. The van der Waals surface area contributed by atoms with Gasteiger partial charge >= 0.3 is 18.3 Å². The summed E-state index contributed by atoms with van der Waals surface area (Å²) in [6.07, 6.45) is -4.41. The fourth-order valence-electron chi connectivity index (χ4n) is 1.67. The molecule has 0 aliphatic carbocycles. The van der Waals surface area contributed by atoms with Gasteiger partial charge in [0, 0.05) is 0 Å². The average molecular weight is 334 g/mol. The normalized spacial score (nSPS) is 14.4. The summed E-state index contributed by atoms with van der Waals surface area (Å²) in [5, 5.41) is 26.7. The van der Waals surface area contributed by atoms with Gasteiger partial charge in [0.15, 0.2) is 6.10 Å². The minimum absolute atomic E-state index is 0.260. The zero-order valence-corrected chi connectivity index (χ0v) is 11.5. The highest BCUT2D eigenvalue weighted by atomic mass is 19.4. The Hall–Kier alpha value is -2.55. The number of hydrogen-bond donors (Lipinski definition) is 3. The first-order valence-electron chi connectivity index (χ1n) is 6.26. The first kappa shape index (κ1) is 18.5. The van der Waals surface area contributed by atoms with E-state index in [1.807, 2.05) is 0 Å². The maximum absolute atomic E-state index is 12.0. The van der Waals surface area contributed by atoms with E-state index in [0.29, 0.717) is 5.56 Å². The number of alkyl halides is 3. The lowest BCUT2D eigenvalue weighted by molar-refractivity contribution is -0.274. The Bertz CT molecular complexity index is 579. The third kappa shape index (κ3) is 6.39. The number of carboxylic acids is 2. The zero-order chi connectivity index (χ0) is 17.6. The van der Waals surface area contributed by atoms with Gasteiger partial charge in [-0.3, -0.25) is 4.79 Å². The number of aliphatic hydroxyl groups excluding tert-OH is 1. The van der Waals surface area contributed by atoms with Gasteiger partial charge in [-0.25, -0.2) is 4.79 Å². The van der Waals surface area contributed by atoms with Gasteiger partial charge in [0.05, 0.1) is 5.92 Å². The number of aliphatic hydroxyl groups is 1. The number of halogens is 3. The van der Waals surface area contributed by atoms with E-state index < -0.39 is 36.1 Å². The molecular formula is C14H13F3O6. The van der Waals surface area contributed by atoms with Crippen molar-refractivity contribution in [2.75, 3.05) is 0 Å². The van der Waals surface area contributed by atoms with Crippen molar-refractivity contribution in [1.29, 1.82) is 0 Å². The lowest BCUT2D eigenvalue weighted by Crippen LogP contribution is -2.34. The Morgan fingerprint density at radius 2 is 1.70 bits per heavy atom. The molecule has 0 spiro atoms. The van der Waals surface area contributed by atoms with E-state index in [-0.39, 0.29) is 6.42 Å². The molecule has 126 valence electrons. The average Bonchev–Trinajstić information content (AvgIpc) is 2.42. The summed E-state index contributed by atoms with van der Waals surface area (Å²) in [5.41, 5.74) is 0.452. The molecule has 2 atom stereocenters. The van der Waals surface area contributed by atoms with Crippen LogP contribution in [0.4, 0.5) is 13.2 Å². The van der Waals surface area contributed by atoms with Crippen LogP contribution in [0, 0.1) is 5.92 Å². The van der Waals surface area contributed by atoms with Crippen LogP contribution in [0.3, 0.4) is 0 Å². The van der Waals surface area contributed by atoms with Gasteiger partial charge in [-0.05, 0) is 24.1 Å². The third-order valence-corrected chi connectivity index (χ3v) is 2.77. The second-order valence-corrected chi connectivity index (χ2v) is 4.48. The highest BCUT2D eigenvalue weighted by molar-refractivity contribution is 5.81. The molecule has 3 N–H and O–H groups in total. The summed E-state index contributed by atoms with van der Waals surface area (Å²) >= 11 is 0. The van der Waals surface area contributed by atoms with Gasteiger partial charge in [-0.1, -0.05) is 24.3 Å². The number of hydrogen-bond acceptors (Lipinski definition) is 4. The predicted molar refractivity (Wildman–Crippen MR) is 71.5 cm³/mol. The van der Waals surface area contributed by atoms with Crippen LogP contribution in [0.2, 0.25) is 0 Å². The standard InChI is InChI=1S/C14H13F3O6/c15-14(16,17)23-9-6-4-8(5-7-9)2-1-3-10(12(19)20)11(18)13(21)22/h1-2,4-7,10-11,18H,3H2,(H,19,20)(H,21,22)/t10-,11+/m1/s1. The van der Waals surface area contributed by atoms with Crippen LogP contribution in [0.5, 0.6) is 5.75 Å². The largest absolute Gasteiger partial charge is 0.573 e. The maximum Gasteiger partial charge on any atom is 0.573 e. The lowest BCUT2D eigenvalue weighted by atomic mass is 9.98. The molecule has 23 heavy (non-hydrogen) atoms. The van der Waals surface area contributed by atoms with E-state index in [1.165, 1.54) is 24.3 Å². The maximum atomic E-state index is 12.0. The van der Waals surface area contributed by atoms with Crippen molar-refractivity contribution in [1.82, 2.24) is 0 Å². The van der Waals surface area contributed by atoms with Crippen molar-refractivity contribution in [3.8, 4) is 5.75 Å². The molecule has 0 unspecified atom stereocenters. The van der Waals surface area contributed by atoms with Crippen molar-refractivity contribution in [3.63, 3.8) is 0 Å². The van der Waals surface area contributed by atoms with Gasteiger partial charge in [0.2, 0.25) is 0 Å². The summed E-state index contributed by atoms with van der Waals surface area (Å²) < 4.78 is 39.6. The Balaban J connectivity index is 2.69. The Morgan fingerprint density at radius 3 is 2.13 bits per heavy atom. The van der Waals surface area contributed by atoms with Crippen molar-refractivity contribution in [3.05, 3.63) is 35.9 Å². The van der Waals surface area contributed by atoms with Crippen LogP contribution in [-0.2, 0) is 9.59 Å². The Labute approximate surface area is 128 Å². The number of carbonyl (C=O) groups is 2. The SMILES string of the molecule is O=C(O)[C@@H](O)[C@@H](CC=Cc1ccc(OC(F)(F)F)cc1)C(=O)O. The molecule has 0 amide bonds. The molecule has 0 aliphatic heterocycles. The Kier molecular flexibility index (Phi) is 6.14. The second-order valence-electron chi connectivity index (χ2n) is 4.48. The molecule has 0 aromatic heterocycles. The lowest BCUT2D eigenvalue weighted by Gasteiger charge is -2.13. The smallest absolute Gasteiger partial charge is 0.481 e. The molecule has 9 heteroatoms. The third-order valence-electron chi connectivity index (χ3n) is 2.77. The molecule has 0 heterocycles. The number of carboxylic acid groups (broad SMARTS) is 2. The number of aliphatic carboxylic acids is 2. The topological polar surface area (TPSA) is 104 Å². The van der Waals surface area contributed by atoms with Gasteiger partial charge < -0.3 is 20.1 Å². The molecule has 0 saturated carbocycles. The number of benzene rings is 1. The summed E-state index contributed by atoms with van der Waals surface area (Å²) in [4.78, 5) is 21.5. The van der Waals surface area contributed by atoms with Crippen LogP contribution in [-0.4, -0.2) is 39.7 Å². The van der Waals surface area contributed by atoms with E-state index in [1.54, 1.807) is 0 Å². The van der Waals surface area contributed by atoms with E-state index in [4.69, 9.17) is 10.2 Å². The highest BCUT2D eigenvalue weighted by Crippen LogP contribution is 2.23. The summed E-state index contributed by atoms with van der Waals surface area (Å²) in [7, 11) is 0. The minimum atomic E-state index is -4.79. The van der Waals surface area contributed by atoms with Crippen LogP contribution in [0.15, 0.2) is 30.3 Å². The number of allylic oxidation sites excluding steroid dienone is 1. The first-order valence-corrected chi connectivity index (χ1v) is 6.26. The van der Waals surface area contributed by atoms with Crippen LogP contribution < -0.4 is 4.74 Å². The number of ether oxygens (including phenoxy) is 1. The van der Waals surface area contributed by atoms with E-state index in [9.17, 15) is 27.9 Å². The molecule has 0 fully saturated rings. The fraction of sp³-hybridized carbons (Fsp3) is 0.286. The molecule has 0 bridgehead atoms. The highest BCUT2D eigenvalue weighted by Gasteiger charge is 2.31. The summed E-state index contributed by atoms with van der Waals surface area (Å²) in [6.45, 7) is 0. The van der Waals surface area contributed by atoms with Gasteiger partial charge in [0.25, 0.3) is 0 Å². The van der Waals surface area contributed by atoms with Gasteiger partial charge in [-0.2, -0.15) is 0 Å². The quantitative estimate of drug-likeness (QED) is 0.706. The monoisotopic (exact) mass is 334 g/mol. The van der Waals surface area contributed by atoms with Gasteiger partial charge in [-0.15, -0.1) is 13.2 Å². The molecule has 6 nitrogen and oxygen atoms in total. The van der Waals surface area contributed by atoms with Crippen molar-refractivity contribution in [2.45, 2.75) is 18.9 Å². The van der Waals surface area contributed by atoms with Crippen LogP contribution in [0.25, 0.3) is 6.08 Å². The number of rotatable bonds is 7. The molecule has 1 rings (SSSR count). The predicted octanol–water partition coefficient (Wildman–Crippen LogP) is 2.13. The molecular weight excluding hydrogens is 321 g/mol. The van der Waals surface area contributed by atoms with Crippen LogP contribution >= 0.6 is 0 Å². The zero-order valence-electron chi connectivity index (χ0n) is 11.5. The van der Waals surface area contributed by atoms with Gasteiger partial charge in [0.1, 0.15) is 5.75 Å². The molecule has 1 aromatic carbocycles. The van der Waals surface area contributed by atoms with Crippen molar-refractivity contribution in [2.24, 2.45) is 5.92 Å². The molecule has 1 aromatic rings. The molecule has 0 saturated heterocycles. The minimum Gasteiger partial charge on any atom is -0.481 e. The van der Waals surface area contributed by atoms with Crippen molar-refractivity contribution >= 4 is 18.0 Å². The molecule has 0 radical (unpaired) electrons. The molecule has 0 aliphatic rings.